The average Bonchev–Trinajstić information content (AvgIpc) is 3.13. The van der Waals surface area contributed by atoms with Crippen molar-refractivity contribution < 1.29 is 19.1 Å². The number of aromatic amines is 1. The van der Waals surface area contributed by atoms with Crippen LogP contribution in [0.15, 0.2) is 29.8 Å². The topological polar surface area (TPSA) is 93.3 Å². The maximum Gasteiger partial charge on any atom is 0.396 e. The van der Waals surface area contributed by atoms with Gasteiger partial charge < -0.3 is 19.8 Å². The van der Waals surface area contributed by atoms with Crippen LogP contribution in [0.2, 0.25) is 0 Å². The van der Waals surface area contributed by atoms with E-state index in [2.05, 4.69) is 41.9 Å². The molecule has 0 aliphatic heterocycles. The van der Waals surface area contributed by atoms with Gasteiger partial charge >= 0.3 is 11.9 Å². The van der Waals surface area contributed by atoms with Crippen molar-refractivity contribution in [1.82, 2.24) is 15.3 Å². The van der Waals surface area contributed by atoms with Crippen molar-refractivity contribution in [3.05, 3.63) is 35.7 Å². The van der Waals surface area contributed by atoms with Gasteiger partial charge in [0.05, 0.1) is 25.3 Å². The van der Waals surface area contributed by atoms with Gasteiger partial charge in [-0.25, -0.2) is 9.78 Å². The molecule has 0 saturated carbocycles. The zero-order chi connectivity index (χ0) is 21.8. The summed E-state index contributed by atoms with van der Waals surface area (Å²) in [6.45, 7) is 6.99. The van der Waals surface area contributed by atoms with E-state index in [1.807, 2.05) is 18.2 Å². The van der Waals surface area contributed by atoms with Crippen LogP contribution in [0.25, 0.3) is 11.0 Å². The number of benzene rings is 1. The third kappa shape index (κ3) is 4.83. The molecule has 0 fully saturated rings. The fourth-order valence-electron chi connectivity index (χ4n) is 4.38. The van der Waals surface area contributed by atoms with Gasteiger partial charge in [-0.3, -0.25) is 4.79 Å². The molecule has 0 unspecified atom stereocenters. The molecule has 1 aliphatic carbocycles. The Labute approximate surface area is 177 Å². The highest BCUT2D eigenvalue weighted by Crippen LogP contribution is 2.38. The summed E-state index contributed by atoms with van der Waals surface area (Å²) >= 11 is 0. The van der Waals surface area contributed by atoms with E-state index in [0.717, 1.165) is 35.4 Å². The number of rotatable bonds is 6. The highest BCUT2D eigenvalue weighted by molar-refractivity contribution is 6.32. The van der Waals surface area contributed by atoms with E-state index in [9.17, 15) is 9.59 Å². The van der Waals surface area contributed by atoms with Gasteiger partial charge in [0.25, 0.3) is 0 Å². The number of nitrogens with zero attached hydrogens (tertiary/aromatic N) is 1. The molecule has 1 aromatic heterocycles. The number of hydrogen-bond acceptors (Lipinski definition) is 5. The zero-order valence-electron chi connectivity index (χ0n) is 18.3. The summed E-state index contributed by atoms with van der Waals surface area (Å²) in [5.74, 6) is 1.66. The first-order valence-electron chi connectivity index (χ1n) is 10.4. The lowest BCUT2D eigenvalue weighted by Crippen LogP contribution is -2.39. The highest BCUT2D eigenvalue weighted by Gasteiger charge is 2.32. The number of ether oxygens (including phenoxy) is 2. The molecule has 2 N–H and O–H groups in total. The molecule has 162 valence electrons. The molecule has 30 heavy (non-hydrogen) atoms. The number of H-pyrrole nitrogens is 1. The Morgan fingerprint density at radius 3 is 2.73 bits per heavy atom. The van der Waals surface area contributed by atoms with Crippen molar-refractivity contribution in [2.45, 2.75) is 33.6 Å². The monoisotopic (exact) mass is 413 g/mol. The third-order valence-electron chi connectivity index (χ3n) is 6.13. The van der Waals surface area contributed by atoms with E-state index < -0.39 is 11.9 Å². The molecule has 0 saturated heterocycles. The molecule has 0 spiro atoms. The summed E-state index contributed by atoms with van der Waals surface area (Å²) in [6.07, 6.45) is 4.10. The molecule has 7 heteroatoms. The molecule has 1 amide bonds. The smallest absolute Gasteiger partial charge is 0.396 e. The Bertz CT molecular complexity index is 947. The Morgan fingerprint density at radius 2 is 2.07 bits per heavy atom. The van der Waals surface area contributed by atoms with Crippen LogP contribution >= 0.6 is 0 Å². The molecule has 7 nitrogen and oxygen atoms in total. The summed E-state index contributed by atoms with van der Waals surface area (Å²) < 4.78 is 9.78. The predicted octanol–water partition coefficient (Wildman–Crippen LogP) is 3.26. The molecular weight excluding hydrogens is 382 g/mol. The molecule has 0 radical (unpaired) electrons. The minimum absolute atomic E-state index is 0.190. The van der Waals surface area contributed by atoms with Crippen molar-refractivity contribution in [1.29, 1.82) is 0 Å². The second kappa shape index (κ2) is 9.32. The number of aromatic nitrogens is 2. The van der Waals surface area contributed by atoms with Crippen LogP contribution in [-0.2, 0) is 20.7 Å². The summed E-state index contributed by atoms with van der Waals surface area (Å²) in [7, 11) is 2.87. The van der Waals surface area contributed by atoms with Crippen LogP contribution < -0.4 is 10.1 Å². The molecule has 1 aliphatic rings. The summed E-state index contributed by atoms with van der Waals surface area (Å²) in [5, 5.41) is 2.71. The van der Waals surface area contributed by atoms with Crippen molar-refractivity contribution in [2.75, 3.05) is 20.8 Å². The average molecular weight is 414 g/mol. The number of imidazole rings is 1. The number of hydrogen-bond donors (Lipinski definition) is 2. The maximum atomic E-state index is 11.8. The lowest BCUT2D eigenvalue weighted by atomic mass is 9.70. The van der Waals surface area contributed by atoms with Gasteiger partial charge in [0, 0.05) is 19.0 Å². The number of carbonyl (C=O) groups is 2. The molecule has 3 atom stereocenters. The number of methoxy groups -OCH3 is 2. The number of esters is 1. The lowest BCUT2D eigenvalue weighted by Gasteiger charge is -2.37. The van der Waals surface area contributed by atoms with Crippen molar-refractivity contribution in [2.24, 2.45) is 23.7 Å². The molecule has 1 aromatic carbocycles. The summed E-state index contributed by atoms with van der Waals surface area (Å²) in [4.78, 5) is 31.3. The molecule has 0 bridgehead atoms. The normalized spacial score (nSPS) is 21.4. The van der Waals surface area contributed by atoms with E-state index >= 15 is 0 Å². The van der Waals surface area contributed by atoms with Crippen LogP contribution in [0.5, 0.6) is 5.75 Å². The second-order valence-corrected chi connectivity index (χ2v) is 8.39. The molecule has 3 rings (SSSR count). The van der Waals surface area contributed by atoms with Crippen LogP contribution in [0.3, 0.4) is 0 Å². The quantitative estimate of drug-likeness (QED) is 0.431. The molecule has 1 heterocycles. The summed E-state index contributed by atoms with van der Waals surface area (Å²) in [6, 6.07) is 5.85. The van der Waals surface area contributed by atoms with Gasteiger partial charge in [0.15, 0.2) is 0 Å². The fourth-order valence-corrected chi connectivity index (χ4v) is 4.38. The minimum atomic E-state index is -0.855. The Hall–Kier alpha value is -2.83. The number of amides is 1. The Morgan fingerprint density at radius 1 is 1.30 bits per heavy atom. The van der Waals surface area contributed by atoms with E-state index in [0.29, 0.717) is 24.3 Å². The zero-order valence-corrected chi connectivity index (χ0v) is 18.3. The van der Waals surface area contributed by atoms with Gasteiger partial charge in [-0.15, -0.1) is 0 Å². The van der Waals surface area contributed by atoms with Gasteiger partial charge in [-0.05, 0) is 49.1 Å². The van der Waals surface area contributed by atoms with Gasteiger partial charge in [-0.1, -0.05) is 25.5 Å². The Balaban J connectivity index is 1.73. The Kier molecular flexibility index (Phi) is 6.80. The van der Waals surface area contributed by atoms with Crippen molar-refractivity contribution in [3.8, 4) is 5.75 Å². The van der Waals surface area contributed by atoms with Crippen LogP contribution in [-0.4, -0.2) is 42.6 Å². The van der Waals surface area contributed by atoms with E-state index in [1.165, 1.54) is 12.7 Å². The number of fused-ring (bicyclic) bond motifs is 1. The van der Waals surface area contributed by atoms with E-state index in [-0.39, 0.29) is 5.92 Å². The van der Waals surface area contributed by atoms with Crippen LogP contribution in [0, 0.1) is 23.7 Å². The third-order valence-corrected chi connectivity index (χ3v) is 6.13. The first kappa shape index (κ1) is 21.9. The van der Waals surface area contributed by atoms with Crippen molar-refractivity contribution >= 4 is 22.9 Å². The molecule has 2 aromatic rings. The van der Waals surface area contributed by atoms with Gasteiger partial charge in [0.2, 0.25) is 0 Å². The number of nitrogens with one attached hydrogen (secondary N) is 2. The van der Waals surface area contributed by atoms with Crippen molar-refractivity contribution in [3.63, 3.8) is 0 Å². The molecular formula is C23H31N3O4. The lowest BCUT2D eigenvalue weighted by molar-refractivity contribution is -0.152. The number of carbonyl (C=O) groups excluding carboxylic acids is 2. The van der Waals surface area contributed by atoms with Gasteiger partial charge in [-0.2, -0.15) is 0 Å². The fraction of sp³-hybridized carbons (Fsp3) is 0.522. The van der Waals surface area contributed by atoms with E-state index in [4.69, 9.17) is 9.72 Å². The largest absolute Gasteiger partial charge is 0.497 e. The standard InChI is InChI=1S/C23H31N3O4/c1-13(2)18-9-15(14(3)8-16(18)12-24-22(27)23(28)30-5)10-21-25-19-7-6-17(29-4)11-20(19)26-21/h6-8,11,13,15-16,18H,9-10,12H2,1-5H3,(H,24,27)(H,25,26)/t15-,16-,18-/m0/s1. The van der Waals surface area contributed by atoms with Crippen LogP contribution in [0.4, 0.5) is 0 Å². The first-order valence-corrected chi connectivity index (χ1v) is 10.4. The second-order valence-electron chi connectivity index (χ2n) is 8.39. The minimum Gasteiger partial charge on any atom is -0.497 e. The first-order chi connectivity index (χ1) is 14.3. The highest BCUT2D eigenvalue weighted by atomic mass is 16.5. The summed E-state index contributed by atoms with van der Waals surface area (Å²) in [5.41, 5.74) is 3.21. The van der Waals surface area contributed by atoms with Crippen LogP contribution in [0.1, 0.15) is 33.0 Å². The van der Waals surface area contributed by atoms with Gasteiger partial charge in [0.1, 0.15) is 11.6 Å². The maximum absolute atomic E-state index is 11.8. The van der Waals surface area contributed by atoms with E-state index in [1.54, 1.807) is 7.11 Å². The SMILES string of the molecule is COC(=O)C(=O)NC[C@@H]1C=C(C)[C@H](Cc2nc3ccc(OC)cc3[nH]2)C[C@H]1C(C)C. The number of allylic oxidation sites excluding steroid dienone is 1. The predicted molar refractivity (Wildman–Crippen MR) is 115 cm³/mol.